The van der Waals surface area contributed by atoms with Gasteiger partial charge in [0.15, 0.2) is 0 Å². The van der Waals surface area contributed by atoms with Gasteiger partial charge >= 0.3 is 0 Å². The van der Waals surface area contributed by atoms with E-state index in [1.165, 1.54) is 29.7 Å². The summed E-state index contributed by atoms with van der Waals surface area (Å²) >= 11 is 0. The quantitative estimate of drug-likeness (QED) is 0.239. The number of nitrogens with zero attached hydrogens (tertiary/aromatic N) is 1. The molecule has 0 spiro atoms. The summed E-state index contributed by atoms with van der Waals surface area (Å²) in [6.45, 7) is 6.30. The number of unbranched alkanes of at least 4 members (excludes halogenated alkanes) is 5. The maximum atomic E-state index is 13.6. The van der Waals surface area contributed by atoms with E-state index in [-0.39, 0.29) is 29.7 Å². The molecule has 4 nitrogen and oxygen atoms in total. The molecule has 1 fully saturated rings. The second-order valence-electron chi connectivity index (χ2n) is 9.75. The molecule has 0 saturated carbocycles. The van der Waals surface area contributed by atoms with E-state index < -0.39 is 12.0 Å². The van der Waals surface area contributed by atoms with Crippen molar-refractivity contribution in [2.24, 2.45) is 17.8 Å². The van der Waals surface area contributed by atoms with Crippen LogP contribution in [0.2, 0.25) is 0 Å². The Morgan fingerprint density at radius 1 is 0.969 bits per heavy atom. The zero-order chi connectivity index (χ0) is 23.1. The van der Waals surface area contributed by atoms with E-state index in [4.69, 9.17) is 0 Å². The molecular formula is C28H41NO3. The molecule has 32 heavy (non-hydrogen) atoms. The highest BCUT2D eigenvalue weighted by Crippen LogP contribution is 2.46. The average molecular weight is 440 g/mol. The molecule has 4 heteroatoms. The normalized spacial score (nSPS) is 24.9. The Labute approximate surface area is 194 Å². The maximum absolute atomic E-state index is 13.6. The Morgan fingerprint density at radius 3 is 2.34 bits per heavy atom. The molecule has 0 aromatic heterocycles. The Bertz CT molecular complexity index is 787. The molecule has 1 aliphatic carbocycles. The fraction of sp³-hybridized carbons (Fsp3) is 0.643. The first-order valence-electron chi connectivity index (χ1n) is 12.8. The van der Waals surface area contributed by atoms with Crippen molar-refractivity contribution in [3.63, 3.8) is 0 Å². The van der Waals surface area contributed by atoms with E-state index in [1.54, 1.807) is 0 Å². The highest BCUT2D eigenvalue weighted by atomic mass is 16.3. The van der Waals surface area contributed by atoms with Gasteiger partial charge in [0.05, 0.1) is 24.0 Å². The summed E-state index contributed by atoms with van der Waals surface area (Å²) in [6.07, 6.45) is 11.8. The number of hydrogen-bond acceptors (Lipinski definition) is 3. The minimum atomic E-state index is -0.566. The summed E-state index contributed by atoms with van der Waals surface area (Å²) in [6, 6.07) is 9.50. The van der Waals surface area contributed by atoms with E-state index in [0.717, 1.165) is 37.7 Å². The largest absolute Gasteiger partial charge is 0.392 e. The number of likely N-dealkylation sites (tertiary alicyclic amines) is 1. The Kier molecular flexibility index (Phi) is 9.10. The van der Waals surface area contributed by atoms with Gasteiger partial charge in [-0.05, 0) is 38.2 Å². The topological polar surface area (TPSA) is 57.6 Å². The number of imide groups is 1. The van der Waals surface area contributed by atoms with Crippen LogP contribution in [0.25, 0.3) is 0 Å². The molecule has 3 rings (SSSR count). The third-order valence-electron chi connectivity index (χ3n) is 7.40. The first kappa shape index (κ1) is 24.7. The van der Waals surface area contributed by atoms with Gasteiger partial charge in [0.1, 0.15) is 0 Å². The lowest BCUT2D eigenvalue weighted by Crippen LogP contribution is -2.38. The van der Waals surface area contributed by atoms with Gasteiger partial charge in [-0.3, -0.25) is 14.5 Å². The maximum Gasteiger partial charge on any atom is 0.234 e. The lowest BCUT2D eigenvalue weighted by Gasteiger charge is -2.33. The van der Waals surface area contributed by atoms with Crippen LogP contribution in [0.4, 0.5) is 0 Å². The van der Waals surface area contributed by atoms with Crippen LogP contribution in [-0.4, -0.2) is 27.9 Å². The summed E-state index contributed by atoms with van der Waals surface area (Å²) in [7, 11) is 0. The van der Waals surface area contributed by atoms with Gasteiger partial charge in [-0.25, -0.2) is 0 Å². The second-order valence-corrected chi connectivity index (χ2v) is 9.75. The smallest absolute Gasteiger partial charge is 0.234 e. The van der Waals surface area contributed by atoms with Crippen LogP contribution in [0.3, 0.4) is 0 Å². The molecule has 2 amide bonds. The molecule has 1 aromatic carbocycles. The van der Waals surface area contributed by atoms with Crippen molar-refractivity contribution in [3.05, 3.63) is 47.5 Å². The Hall–Kier alpha value is -1.94. The minimum absolute atomic E-state index is 0.0544. The molecule has 5 atom stereocenters. The summed E-state index contributed by atoms with van der Waals surface area (Å²) in [4.78, 5) is 28.6. The minimum Gasteiger partial charge on any atom is -0.392 e. The molecule has 0 unspecified atom stereocenters. The first-order chi connectivity index (χ1) is 15.5. The highest BCUT2D eigenvalue weighted by molar-refractivity contribution is 6.06. The molecule has 1 saturated heterocycles. The molecule has 1 aliphatic heterocycles. The van der Waals surface area contributed by atoms with Crippen LogP contribution < -0.4 is 0 Å². The summed E-state index contributed by atoms with van der Waals surface area (Å²) in [5, 5.41) is 11.1. The van der Waals surface area contributed by atoms with E-state index >= 15 is 0 Å². The van der Waals surface area contributed by atoms with Crippen molar-refractivity contribution in [2.75, 3.05) is 0 Å². The SMILES string of the molecule is CCCCCCC1=C[C@H]([C@@H](O)CCCCC)[C@@H]2C(=O)N([C@@H](C)c3ccccc3)C(=O)[C@@H]2C1. The van der Waals surface area contributed by atoms with E-state index in [2.05, 4.69) is 19.9 Å². The van der Waals surface area contributed by atoms with E-state index in [9.17, 15) is 14.7 Å². The molecule has 1 N–H and O–H groups in total. The molecule has 0 radical (unpaired) electrons. The fourth-order valence-electron chi connectivity index (χ4n) is 5.52. The van der Waals surface area contributed by atoms with E-state index in [1.807, 2.05) is 37.3 Å². The van der Waals surface area contributed by atoms with Crippen LogP contribution in [-0.2, 0) is 9.59 Å². The van der Waals surface area contributed by atoms with Gasteiger partial charge in [0, 0.05) is 5.92 Å². The number of carbonyl (C=O) groups is 2. The van der Waals surface area contributed by atoms with E-state index in [0.29, 0.717) is 12.8 Å². The van der Waals surface area contributed by atoms with Crippen molar-refractivity contribution in [3.8, 4) is 0 Å². The molecule has 176 valence electrons. The lowest BCUT2D eigenvalue weighted by molar-refractivity contribution is -0.143. The first-order valence-corrected chi connectivity index (χ1v) is 12.8. The number of aliphatic hydroxyl groups excluding tert-OH is 1. The van der Waals surface area contributed by atoms with Gasteiger partial charge < -0.3 is 5.11 Å². The van der Waals surface area contributed by atoms with Gasteiger partial charge in [0.2, 0.25) is 11.8 Å². The van der Waals surface area contributed by atoms with Crippen molar-refractivity contribution < 1.29 is 14.7 Å². The number of allylic oxidation sites excluding steroid dienone is 1. The van der Waals surface area contributed by atoms with Gasteiger partial charge in [-0.2, -0.15) is 0 Å². The molecule has 0 bridgehead atoms. The van der Waals surface area contributed by atoms with Crippen molar-refractivity contribution in [1.29, 1.82) is 0 Å². The molecule has 2 aliphatic rings. The fourth-order valence-corrected chi connectivity index (χ4v) is 5.52. The third kappa shape index (κ3) is 5.51. The van der Waals surface area contributed by atoms with Crippen molar-refractivity contribution >= 4 is 11.8 Å². The van der Waals surface area contributed by atoms with Crippen LogP contribution in [0.15, 0.2) is 42.0 Å². The zero-order valence-electron chi connectivity index (χ0n) is 20.1. The number of carbonyl (C=O) groups excluding carboxylic acids is 2. The number of benzene rings is 1. The van der Waals surface area contributed by atoms with Crippen molar-refractivity contribution in [1.82, 2.24) is 4.90 Å². The predicted molar refractivity (Wildman–Crippen MR) is 129 cm³/mol. The van der Waals surface area contributed by atoms with Crippen LogP contribution in [0, 0.1) is 17.8 Å². The Balaban J connectivity index is 1.83. The molecular weight excluding hydrogens is 398 g/mol. The number of rotatable bonds is 12. The highest BCUT2D eigenvalue weighted by Gasteiger charge is 2.54. The number of amides is 2. The van der Waals surface area contributed by atoms with Crippen LogP contribution in [0.5, 0.6) is 0 Å². The third-order valence-corrected chi connectivity index (χ3v) is 7.40. The summed E-state index contributed by atoms with van der Waals surface area (Å²) < 4.78 is 0. The number of aliphatic hydroxyl groups is 1. The lowest BCUT2D eigenvalue weighted by atomic mass is 9.70. The van der Waals surface area contributed by atoms with Crippen LogP contribution >= 0.6 is 0 Å². The molecule has 1 heterocycles. The monoisotopic (exact) mass is 439 g/mol. The van der Waals surface area contributed by atoms with Gasteiger partial charge in [0.25, 0.3) is 0 Å². The Morgan fingerprint density at radius 2 is 1.66 bits per heavy atom. The summed E-state index contributed by atoms with van der Waals surface area (Å²) in [5.74, 6) is -1.16. The standard InChI is InChI=1S/C28H41NO3/c1-4-6-8-11-14-21-18-23(25(30)17-10-7-5-2)26-24(19-21)27(31)29(28(26)32)20(3)22-15-12-9-13-16-22/h9,12-13,15-16,18,20,23-26,30H,4-8,10-11,14,17,19H2,1-3H3/t20-,23+,24+,25-,26-/m0/s1. The van der Waals surface area contributed by atoms with Crippen LogP contribution in [0.1, 0.15) is 96.6 Å². The van der Waals surface area contributed by atoms with Gasteiger partial charge in [-0.15, -0.1) is 0 Å². The predicted octanol–water partition coefficient (Wildman–Crippen LogP) is 6.21. The average Bonchev–Trinajstić information content (AvgIpc) is 3.06. The zero-order valence-corrected chi connectivity index (χ0v) is 20.1. The van der Waals surface area contributed by atoms with Crippen molar-refractivity contribution in [2.45, 2.75) is 97.1 Å². The number of fused-ring (bicyclic) bond motifs is 1. The van der Waals surface area contributed by atoms with Gasteiger partial charge in [-0.1, -0.05) is 94.4 Å². The second kappa shape index (κ2) is 11.8. The summed E-state index contributed by atoms with van der Waals surface area (Å²) in [5.41, 5.74) is 2.23. The number of hydrogen-bond donors (Lipinski definition) is 1. The molecule has 1 aromatic rings.